The Hall–Kier alpha value is -2.76. The molecule has 0 unspecified atom stereocenters. The number of hydrogen-bond donors (Lipinski definition) is 1. The van der Waals surface area contributed by atoms with E-state index in [2.05, 4.69) is 10.1 Å². The molecule has 0 aliphatic rings. The molecule has 3 aromatic rings. The first-order valence-electron chi connectivity index (χ1n) is 6.88. The van der Waals surface area contributed by atoms with E-state index in [1.54, 1.807) is 31.2 Å². The molecule has 1 N–H and O–H groups in total. The normalized spacial score (nSPS) is 10.9. The summed E-state index contributed by atoms with van der Waals surface area (Å²) in [5.74, 6) is 1.35. The predicted molar refractivity (Wildman–Crippen MR) is 83.7 cm³/mol. The molecule has 3 rings (SSSR count). The number of ether oxygens (including phenoxy) is 2. The van der Waals surface area contributed by atoms with E-state index >= 15 is 0 Å². The van der Waals surface area contributed by atoms with Gasteiger partial charge in [-0.05, 0) is 24.6 Å². The zero-order chi connectivity index (χ0) is 15.7. The van der Waals surface area contributed by atoms with Crippen LogP contribution < -0.4 is 14.9 Å². The lowest BCUT2D eigenvalue weighted by Gasteiger charge is -2.10. The van der Waals surface area contributed by atoms with Crippen LogP contribution in [0.4, 0.5) is 0 Å². The standard InChI is InChI=1S/C16H17N3O3/c1-10-6-13(20)12-8-17-19(16(12)18-10)9-11-4-5-14(21-2)15(7-11)22-3/h4-8H,9H2,1-3H3,(H,18,20). The highest BCUT2D eigenvalue weighted by molar-refractivity contribution is 5.74. The number of hydrogen-bond acceptors (Lipinski definition) is 4. The molecule has 2 aromatic heterocycles. The maximum atomic E-state index is 11.9. The third kappa shape index (κ3) is 2.43. The molecule has 6 nitrogen and oxygen atoms in total. The number of benzene rings is 1. The molecular formula is C16H17N3O3. The maximum absolute atomic E-state index is 11.9. The molecule has 0 amide bonds. The van der Waals surface area contributed by atoms with Crippen LogP contribution in [-0.4, -0.2) is 29.0 Å². The Kier molecular flexibility index (Phi) is 3.58. The number of nitrogens with one attached hydrogen (secondary N) is 1. The van der Waals surface area contributed by atoms with E-state index in [0.29, 0.717) is 23.4 Å². The fourth-order valence-corrected chi connectivity index (χ4v) is 2.47. The summed E-state index contributed by atoms with van der Waals surface area (Å²) in [4.78, 5) is 15.1. The number of aromatic amines is 1. The molecule has 0 saturated heterocycles. The first kappa shape index (κ1) is 14.2. The van der Waals surface area contributed by atoms with Crippen molar-refractivity contribution in [3.63, 3.8) is 0 Å². The first-order chi connectivity index (χ1) is 10.6. The Morgan fingerprint density at radius 2 is 1.95 bits per heavy atom. The molecule has 0 radical (unpaired) electrons. The number of methoxy groups -OCH3 is 2. The molecule has 0 saturated carbocycles. The summed E-state index contributed by atoms with van der Waals surface area (Å²) >= 11 is 0. The molecule has 0 fully saturated rings. The average Bonchev–Trinajstić information content (AvgIpc) is 2.90. The number of fused-ring (bicyclic) bond motifs is 1. The summed E-state index contributed by atoms with van der Waals surface area (Å²) < 4.78 is 12.3. The van der Waals surface area contributed by atoms with Gasteiger partial charge in [0.1, 0.15) is 5.65 Å². The van der Waals surface area contributed by atoms with Crippen molar-refractivity contribution in [1.29, 1.82) is 0 Å². The third-order valence-electron chi connectivity index (χ3n) is 3.55. The summed E-state index contributed by atoms with van der Waals surface area (Å²) in [5.41, 5.74) is 2.51. The van der Waals surface area contributed by atoms with Gasteiger partial charge in [-0.25, -0.2) is 4.68 Å². The van der Waals surface area contributed by atoms with E-state index in [4.69, 9.17) is 9.47 Å². The van der Waals surface area contributed by atoms with Gasteiger partial charge in [0.25, 0.3) is 0 Å². The molecule has 0 spiro atoms. The minimum absolute atomic E-state index is 0.0233. The van der Waals surface area contributed by atoms with Crippen LogP contribution in [-0.2, 0) is 6.54 Å². The molecule has 1 aromatic carbocycles. The minimum atomic E-state index is -0.0233. The summed E-state index contributed by atoms with van der Waals surface area (Å²) in [6.07, 6.45) is 1.59. The van der Waals surface area contributed by atoms with E-state index < -0.39 is 0 Å². The molecular weight excluding hydrogens is 282 g/mol. The van der Waals surface area contributed by atoms with Crippen LogP contribution >= 0.6 is 0 Å². The summed E-state index contributed by atoms with van der Waals surface area (Å²) in [6.45, 7) is 2.39. The van der Waals surface area contributed by atoms with Crippen LogP contribution in [0, 0.1) is 6.92 Å². The number of H-pyrrole nitrogens is 1. The van der Waals surface area contributed by atoms with E-state index in [0.717, 1.165) is 16.9 Å². The van der Waals surface area contributed by atoms with Crippen LogP contribution in [0.25, 0.3) is 11.0 Å². The van der Waals surface area contributed by atoms with Gasteiger partial charge in [-0.3, -0.25) is 4.79 Å². The Bertz CT molecular complexity index is 880. The lowest BCUT2D eigenvalue weighted by Crippen LogP contribution is -2.07. The second-order valence-corrected chi connectivity index (χ2v) is 5.07. The Morgan fingerprint density at radius 3 is 2.68 bits per heavy atom. The Morgan fingerprint density at radius 1 is 1.18 bits per heavy atom. The van der Waals surface area contributed by atoms with Crippen molar-refractivity contribution < 1.29 is 9.47 Å². The van der Waals surface area contributed by atoms with Crippen LogP contribution in [0.3, 0.4) is 0 Å². The zero-order valence-corrected chi connectivity index (χ0v) is 12.7. The quantitative estimate of drug-likeness (QED) is 0.801. The molecule has 0 atom stereocenters. The molecule has 6 heteroatoms. The van der Waals surface area contributed by atoms with E-state index in [1.165, 1.54) is 0 Å². The van der Waals surface area contributed by atoms with E-state index in [-0.39, 0.29) is 5.43 Å². The lowest BCUT2D eigenvalue weighted by molar-refractivity contribution is 0.354. The molecule has 2 heterocycles. The molecule has 0 aliphatic heterocycles. The van der Waals surface area contributed by atoms with Gasteiger partial charge >= 0.3 is 0 Å². The zero-order valence-electron chi connectivity index (χ0n) is 12.7. The van der Waals surface area contributed by atoms with Crippen LogP contribution in [0.15, 0.2) is 35.3 Å². The summed E-state index contributed by atoms with van der Waals surface area (Å²) in [7, 11) is 3.21. The number of aromatic nitrogens is 3. The van der Waals surface area contributed by atoms with Crippen molar-refractivity contribution in [2.24, 2.45) is 0 Å². The molecule has 0 aliphatic carbocycles. The minimum Gasteiger partial charge on any atom is -0.493 e. The van der Waals surface area contributed by atoms with Crippen LogP contribution in [0.2, 0.25) is 0 Å². The lowest BCUT2D eigenvalue weighted by atomic mass is 10.2. The van der Waals surface area contributed by atoms with E-state index in [1.807, 2.05) is 25.1 Å². The highest BCUT2D eigenvalue weighted by Gasteiger charge is 2.10. The highest BCUT2D eigenvalue weighted by Crippen LogP contribution is 2.28. The van der Waals surface area contributed by atoms with Gasteiger partial charge in [0.05, 0.1) is 32.3 Å². The second kappa shape index (κ2) is 5.55. The second-order valence-electron chi connectivity index (χ2n) is 5.07. The number of nitrogens with zero attached hydrogens (tertiary/aromatic N) is 2. The average molecular weight is 299 g/mol. The van der Waals surface area contributed by atoms with Gasteiger partial charge in [0.2, 0.25) is 0 Å². The summed E-state index contributed by atoms with van der Waals surface area (Å²) in [5, 5.41) is 4.89. The van der Waals surface area contributed by atoms with Gasteiger partial charge in [-0.2, -0.15) is 5.10 Å². The topological polar surface area (TPSA) is 69.1 Å². The van der Waals surface area contributed by atoms with Crippen molar-refractivity contribution in [3.8, 4) is 11.5 Å². The van der Waals surface area contributed by atoms with Crippen molar-refractivity contribution in [3.05, 3.63) is 51.9 Å². The van der Waals surface area contributed by atoms with Gasteiger partial charge in [-0.15, -0.1) is 0 Å². The molecule has 22 heavy (non-hydrogen) atoms. The predicted octanol–water partition coefficient (Wildman–Crippen LogP) is 2.10. The Balaban J connectivity index is 2.02. The Labute approximate surface area is 127 Å². The molecule has 114 valence electrons. The van der Waals surface area contributed by atoms with Crippen LogP contribution in [0.1, 0.15) is 11.3 Å². The largest absolute Gasteiger partial charge is 0.493 e. The fourth-order valence-electron chi connectivity index (χ4n) is 2.47. The van der Waals surface area contributed by atoms with Crippen LogP contribution in [0.5, 0.6) is 11.5 Å². The van der Waals surface area contributed by atoms with Crippen molar-refractivity contribution >= 4 is 11.0 Å². The van der Waals surface area contributed by atoms with Crippen molar-refractivity contribution in [1.82, 2.24) is 14.8 Å². The third-order valence-corrected chi connectivity index (χ3v) is 3.55. The smallest absolute Gasteiger partial charge is 0.192 e. The first-order valence-corrected chi connectivity index (χ1v) is 6.88. The number of rotatable bonds is 4. The molecule has 0 bridgehead atoms. The SMILES string of the molecule is COc1ccc(Cn2ncc3c(=O)cc(C)[nH]c32)cc1OC. The van der Waals surface area contributed by atoms with Crippen molar-refractivity contribution in [2.75, 3.05) is 14.2 Å². The number of pyridine rings is 1. The van der Waals surface area contributed by atoms with Gasteiger partial charge in [0.15, 0.2) is 16.9 Å². The monoisotopic (exact) mass is 299 g/mol. The van der Waals surface area contributed by atoms with Gasteiger partial charge in [0, 0.05) is 11.8 Å². The number of aryl methyl sites for hydroxylation is 1. The maximum Gasteiger partial charge on any atom is 0.192 e. The van der Waals surface area contributed by atoms with Crippen molar-refractivity contribution in [2.45, 2.75) is 13.5 Å². The highest BCUT2D eigenvalue weighted by atomic mass is 16.5. The fraction of sp³-hybridized carbons (Fsp3) is 0.250. The van der Waals surface area contributed by atoms with Gasteiger partial charge in [-0.1, -0.05) is 6.07 Å². The van der Waals surface area contributed by atoms with E-state index in [9.17, 15) is 4.79 Å². The summed E-state index contributed by atoms with van der Waals surface area (Å²) in [6, 6.07) is 7.28. The van der Waals surface area contributed by atoms with Gasteiger partial charge < -0.3 is 14.5 Å².